The van der Waals surface area contributed by atoms with Gasteiger partial charge in [0.25, 0.3) is 0 Å². The Morgan fingerprint density at radius 1 is 1.33 bits per heavy atom. The summed E-state index contributed by atoms with van der Waals surface area (Å²) in [5, 5.41) is 3.26. The molecule has 0 saturated carbocycles. The summed E-state index contributed by atoms with van der Waals surface area (Å²) in [6, 6.07) is 10.4. The Balaban J connectivity index is 1.55. The second kappa shape index (κ2) is 6.87. The first kappa shape index (κ1) is 14.3. The zero-order valence-electron chi connectivity index (χ0n) is 12.3. The minimum Gasteiger partial charge on any atom is -0.375 e. The van der Waals surface area contributed by atoms with Crippen LogP contribution in [0.1, 0.15) is 18.4 Å². The molecule has 0 radical (unpaired) electrons. The molecule has 1 fully saturated rings. The van der Waals surface area contributed by atoms with Gasteiger partial charge in [-0.3, -0.25) is 4.79 Å². The third-order valence-electron chi connectivity index (χ3n) is 4.11. The molecule has 1 atom stereocenters. The zero-order valence-corrected chi connectivity index (χ0v) is 12.3. The Kier molecular flexibility index (Phi) is 4.68. The van der Waals surface area contributed by atoms with Gasteiger partial charge in [0.2, 0.25) is 5.91 Å². The van der Waals surface area contributed by atoms with Crippen LogP contribution >= 0.6 is 0 Å². The van der Waals surface area contributed by atoms with Crippen LogP contribution in [0.2, 0.25) is 0 Å². The lowest BCUT2D eigenvalue weighted by atomic mass is 9.99. The lowest BCUT2D eigenvalue weighted by molar-refractivity contribution is -0.134. The van der Waals surface area contributed by atoms with Gasteiger partial charge in [0.05, 0.1) is 19.1 Å². The van der Waals surface area contributed by atoms with Gasteiger partial charge in [0.1, 0.15) is 0 Å². The molecule has 1 aromatic carbocycles. The highest BCUT2D eigenvalue weighted by Crippen LogP contribution is 2.22. The van der Waals surface area contributed by atoms with Crippen molar-refractivity contribution in [2.24, 2.45) is 0 Å². The van der Waals surface area contributed by atoms with E-state index < -0.39 is 0 Å². The molecule has 112 valence electrons. The lowest BCUT2D eigenvalue weighted by Crippen LogP contribution is -2.43. The highest BCUT2D eigenvalue weighted by molar-refractivity contribution is 5.78. The number of hydrogen-bond acceptors (Lipinski definition) is 3. The van der Waals surface area contributed by atoms with Crippen molar-refractivity contribution in [3.63, 3.8) is 0 Å². The summed E-state index contributed by atoms with van der Waals surface area (Å²) < 4.78 is 5.60. The normalized spacial score (nSPS) is 22.8. The lowest BCUT2D eigenvalue weighted by Gasteiger charge is -2.29. The second-order valence-electron chi connectivity index (χ2n) is 5.59. The maximum atomic E-state index is 12.3. The Hall–Kier alpha value is -1.65. The van der Waals surface area contributed by atoms with Crippen LogP contribution in [0.25, 0.3) is 5.57 Å². The number of morpholine rings is 1. The van der Waals surface area contributed by atoms with E-state index in [4.69, 9.17) is 4.74 Å². The van der Waals surface area contributed by atoms with E-state index in [-0.39, 0.29) is 12.0 Å². The predicted molar refractivity (Wildman–Crippen MR) is 82.8 cm³/mol. The largest absolute Gasteiger partial charge is 0.375 e. The summed E-state index contributed by atoms with van der Waals surface area (Å²) in [4.78, 5) is 14.2. The Labute approximate surface area is 125 Å². The van der Waals surface area contributed by atoms with Crippen LogP contribution in [-0.2, 0) is 9.53 Å². The minimum atomic E-state index is 0.0331. The molecular formula is C17H22N2O2. The Bertz CT molecular complexity index is 507. The predicted octanol–water partition coefficient (Wildman–Crippen LogP) is 1.68. The van der Waals surface area contributed by atoms with Crippen molar-refractivity contribution in [2.75, 3.05) is 32.8 Å². The monoisotopic (exact) mass is 286 g/mol. The average molecular weight is 286 g/mol. The molecule has 0 aliphatic carbocycles. The van der Waals surface area contributed by atoms with Crippen LogP contribution in [0.3, 0.4) is 0 Å². The highest BCUT2D eigenvalue weighted by Gasteiger charge is 2.23. The standard InChI is InChI=1S/C17H22N2O2/c20-17(12-16-13-18-8-11-21-16)19-9-6-15(7-10-19)14-4-2-1-3-5-14/h1-6,16,18H,7-13H2/t16-/m0/s1. The van der Waals surface area contributed by atoms with Crippen molar-refractivity contribution in [1.82, 2.24) is 10.2 Å². The highest BCUT2D eigenvalue weighted by atomic mass is 16.5. The number of carbonyl (C=O) groups excluding carboxylic acids is 1. The number of carbonyl (C=O) groups is 1. The SMILES string of the molecule is O=C(C[C@H]1CNCCO1)N1CC=C(c2ccccc2)CC1. The van der Waals surface area contributed by atoms with E-state index in [9.17, 15) is 4.79 Å². The number of nitrogens with one attached hydrogen (secondary N) is 1. The molecule has 3 rings (SSSR count). The molecule has 0 spiro atoms. The van der Waals surface area contributed by atoms with E-state index in [1.54, 1.807) is 0 Å². The van der Waals surface area contributed by atoms with Crippen LogP contribution in [0.4, 0.5) is 0 Å². The van der Waals surface area contributed by atoms with Gasteiger partial charge in [-0.1, -0.05) is 36.4 Å². The average Bonchev–Trinajstić information content (AvgIpc) is 2.57. The zero-order chi connectivity index (χ0) is 14.5. The van der Waals surface area contributed by atoms with E-state index in [0.717, 1.165) is 26.1 Å². The van der Waals surface area contributed by atoms with E-state index in [2.05, 4.69) is 35.7 Å². The third-order valence-corrected chi connectivity index (χ3v) is 4.11. The molecule has 21 heavy (non-hydrogen) atoms. The number of nitrogens with zero attached hydrogens (tertiary/aromatic N) is 1. The fraction of sp³-hybridized carbons (Fsp3) is 0.471. The molecule has 2 aliphatic heterocycles. The first-order valence-electron chi connectivity index (χ1n) is 7.67. The third kappa shape index (κ3) is 3.71. The number of ether oxygens (including phenoxy) is 1. The molecule has 2 aliphatic rings. The molecule has 0 bridgehead atoms. The quantitative estimate of drug-likeness (QED) is 0.919. The van der Waals surface area contributed by atoms with Crippen LogP contribution in [0.5, 0.6) is 0 Å². The van der Waals surface area contributed by atoms with Gasteiger partial charge in [0.15, 0.2) is 0 Å². The first-order valence-corrected chi connectivity index (χ1v) is 7.67. The van der Waals surface area contributed by atoms with E-state index in [1.165, 1.54) is 11.1 Å². The van der Waals surface area contributed by atoms with Gasteiger partial charge < -0.3 is 15.0 Å². The molecule has 1 N–H and O–H groups in total. The second-order valence-corrected chi connectivity index (χ2v) is 5.59. The number of rotatable bonds is 3. The number of amides is 1. The molecule has 4 heteroatoms. The summed E-state index contributed by atoms with van der Waals surface area (Å²) in [6.45, 7) is 3.89. The maximum absolute atomic E-state index is 12.3. The maximum Gasteiger partial charge on any atom is 0.225 e. The van der Waals surface area contributed by atoms with E-state index in [1.807, 2.05) is 11.0 Å². The first-order chi connectivity index (χ1) is 10.3. The molecule has 0 unspecified atom stereocenters. The van der Waals surface area contributed by atoms with Gasteiger partial charge in [-0.2, -0.15) is 0 Å². The Morgan fingerprint density at radius 2 is 2.19 bits per heavy atom. The molecule has 1 saturated heterocycles. The van der Waals surface area contributed by atoms with Crippen molar-refractivity contribution < 1.29 is 9.53 Å². The van der Waals surface area contributed by atoms with Gasteiger partial charge in [0, 0.05) is 26.2 Å². The molecule has 2 heterocycles. The van der Waals surface area contributed by atoms with Crippen molar-refractivity contribution in [3.05, 3.63) is 42.0 Å². The minimum absolute atomic E-state index is 0.0331. The Morgan fingerprint density at radius 3 is 2.86 bits per heavy atom. The van der Waals surface area contributed by atoms with Gasteiger partial charge >= 0.3 is 0 Å². The van der Waals surface area contributed by atoms with Gasteiger partial charge in [-0.15, -0.1) is 0 Å². The number of benzene rings is 1. The summed E-state index contributed by atoms with van der Waals surface area (Å²) in [5.41, 5.74) is 2.61. The smallest absolute Gasteiger partial charge is 0.225 e. The van der Waals surface area contributed by atoms with Crippen molar-refractivity contribution in [3.8, 4) is 0 Å². The summed E-state index contributed by atoms with van der Waals surface area (Å²) in [5.74, 6) is 0.201. The van der Waals surface area contributed by atoms with Crippen molar-refractivity contribution in [1.29, 1.82) is 0 Å². The van der Waals surface area contributed by atoms with Crippen LogP contribution in [0, 0.1) is 0 Å². The molecular weight excluding hydrogens is 264 g/mol. The topological polar surface area (TPSA) is 41.6 Å². The van der Waals surface area contributed by atoms with Crippen LogP contribution < -0.4 is 5.32 Å². The molecule has 0 aromatic heterocycles. The molecule has 1 amide bonds. The van der Waals surface area contributed by atoms with Crippen LogP contribution in [0.15, 0.2) is 36.4 Å². The summed E-state index contributed by atoms with van der Waals surface area (Å²) in [6.07, 6.45) is 3.63. The van der Waals surface area contributed by atoms with Crippen LogP contribution in [-0.4, -0.2) is 49.7 Å². The fourth-order valence-corrected chi connectivity index (χ4v) is 2.88. The van der Waals surface area contributed by atoms with Crippen molar-refractivity contribution in [2.45, 2.75) is 18.9 Å². The van der Waals surface area contributed by atoms with Gasteiger partial charge in [-0.25, -0.2) is 0 Å². The summed E-state index contributed by atoms with van der Waals surface area (Å²) >= 11 is 0. The molecule has 4 nitrogen and oxygen atoms in total. The summed E-state index contributed by atoms with van der Waals surface area (Å²) in [7, 11) is 0. The number of hydrogen-bond donors (Lipinski definition) is 1. The van der Waals surface area contributed by atoms with Crippen molar-refractivity contribution >= 4 is 11.5 Å². The fourth-order valence-electron chi connectivity index (χ4n) is 2.88. The van der Waals surface area contributed by atoms with E-state index >= 15 is 0 Å². The van der Waals surface area contributed by atoms with E-state index in [0.29, 0.717) is 19.6 Å². The van der Waals surface area contributed by atoms with Gasteiger partial charge in [-0.05, 0) is 17.6 Å². The molecule has 1 aromatic rings.